The molecular formula is C20H20N2O5. The topological polar surface area (TPSA) is 90.1 Å². The van der Waals surface area contributed by atoms with Gasteiger partial charge in [0, 0.05) is 18.7 Å². The molecule has 2 aromatic heterocycles. The summed E-state index contributed by atoms with van der Waals surface area (Å²) in [5, 5.41) is 9.76. The van der Waals surface area contributed by atoms with Crippen molar-refractivity contribution in [2.75, 3.05) is 7.11 Å². The van der Waals surface area contributed by atoms with Gasteiger partial charge in [0.15, 0.2) is 11.5 Å². The lowest BCUT2D eigenvalue weighted by Gasteiger charge is -2.08. The number of aromatic nitrogens is 2. The van der Waals surface area contributed by atoms with Gasteiger partial charge in [-0.1, -0.05) is 12.1 Å². The number of pyridine rings is 1. The smallest absolute Gasteiger partial charge is 0.306 e. The molecule has 0 amide bonds. The fourth-order valence-electron chi connectivity index (χ4n) is 2.75. The van der Waals surface area contributed by atoms with E-state index in [1.54, 1.807) is 30.5 Å². The van der Waals surface area contributed by atoms with Crippen LogP contribution in [0, 0.1) is 6.92 Å². The van der Waals surface area contributed by atoms with Crippen LogP contribution in [0.5, 0.6) is 11.5 Å². The van der Waals surface area contributed by atoms with Crippen LogP contribution in [0.3, 0.4) is 0 Å². The maximum absolute atomic E-state index is 12.1. The summed E-state index contributed by atoms with van der Waals surface area (Å²) in [4.78, 5) is 28.5. The number of carbonyl (C=O) groups excluding carboxylic acids is 1. The molecule has 0 unspecified atom stereocenters. The van der Waals surface area contributed by atoms with Gasteiger partial charge in [-0.25, -0.2) is 4.98 Å². The zero-order valence-corrected chi connectivity index (χ0v) is 15.1. The first-order valence-corrected chi connectivity index (χ1v) is 8.47. The van der Waals surface area contributed by atoms with Gasteiger partial charge in [0.05, 0.1) is 12.8 Å². The van der Waals surface area contributed by atoms with Crippen LogP contribution in [0.2, 0.25) is 0 Å². The minimum atomic E-state index is -0.405. The third-order valence-corrected chi connectivity index (χ3v) is 4.18. The zero-order valence-electron chi connectivity index (χ0n) is 15.1. The summed E-state index contributed by atoms with van der Waals surface area (Å²) < 4.78 is 11.7. The Balaban J connectivity index is 1.61. The Bertz CT molecular complexity index is 1040. The summed E-state index contributed by atoms with van der Waals surface area (Å²) in [6.45, 7) is 1.80. The van der Waals surface area contributed by atoms with Crippen molar-refractivity contribution in [3.8, 4) is 11.5 Å². The molecule has 0 radical (unpaired) electrons. The van der Waals surface area contributed by atoms with Crippen LogP contribution in [0.15, 0.2) is 47.4 Å². The number of fused-ring (bicyclic) bond motifs is 1. The van der Waals surface area contributed by atoms with E-state index in [0.717, 1.165) is 11.1 Å². The Kier molecular flexibility index (Phi) is 5.40. The Morgan fingerprint density at radius 2 is 2.07 bits per heavy atom. The maximum atomic E-state index is 12.1. The second-order valence-electron chi connectivity index (χ2n) is 6.14. The van der Waals surface area contributed by atoms with Crippen LogP contribution < -0.4 is 10.3 Å². The number of esters is 1. The Morgan fingerprint density at radius 1 is 1.26 bits per heavy atom. The Hall–Kier alpha value is -3.35. The van der Waals surface area contributed by atoms with Crippen LogP contribution in [-0.2, 0) is 22.6 Å². The highest BCUT2D eigenvalue weighted by molar-refractivity contribution is 5.69. The molecule has 7 heteroatoms. The van der Waals surface area contributed by atoms with E-state index in [1.807, 2.05) is 13.0 Å². The molecule has 0 bridgehead atoms. The average molecular weight is 368 g/mol. The molecule has 27 heavy (non-hydrogen) atoms. The van der Waals surface area contributed by atoms with Gasteiger partial charge in [0.25, 0.3) is 5.56 Å². The van der Waals surface area contributed by atoms with E-state index >= 15 is 0 Å². The van der Waals surface area contributed by atoms with Crippen molar-refractivity contribution in [2.45, 2.75) is 26.4 Å². The number of nitrogens with zero attached hydrogens (tertiary/aromatic N) is 2. The molecule has 0 aliphatic rings. The second kappa shape index (κ2) is 7.90. The molecule has 0 aliphatic heterocycles. The Labute approximate surface area is 155 Å². The van der Waals surface area contributed by atoms with E-state index in [2.05, 4.69) is 4.98 Å². The van der Waals surface area contributed by atoms with Gasteiger partial charge in [-0.2, -0.15) is 0 Å². The van der Waals surface area contributed by atoms with Gasteiger partial charge < -0.3 is 14.6 Å². The molecule has 0 aliphatic carbocycles. The SMILES string of the molecule is COc1ccc(CCC(=O)OCc2cc(=O)n3cccc(C)c3n2)cc1O. The molecule has 0 fully saturated rings. The van der Waals surface area contributed by atoms with Crippen LogP contribution in [-0.4, -0.2) is 27.6 Å². The fourth-order valence-corrected chi connectivity index (χ4v) is 2.75. The number of phenolic OH excluding ortho intramolecular Hbond substituents is 1. The van der Waals surface area contributed by atoms with E-state index in [4.69, 9.17) is 9.47 Å². The highest BCUT2D eigenvalue weighted by atomic mass is 16.5. The lowest BCUT2D eigenvalue weighted by Crippen LogP contribution is -2.17. The number of hydrogen-bond donors (Lipinski definition) is 1. The van der Waals surface area contributed by atoms with E-state index in [1.165, 1.54) is 17.6 Å². The summed E-state index contributed by atoms with van der Waals surface area (Å²) in [7, 11) is 1.47. The number of carbonyl (C=O) groups is 1. The van der Waals surface area contributed by atoms with Crippen molar-refractivity contribution in [1.29, 1.82) is 0 Å². The summed E-state index contributed by atoms with van der Waals surface area (Å²) in [5.41, 5.74) is 2.39. The quantitative estimate of drug-likeness (QED) is 0.672. The van der Waals surface area contributed by atoms with E-state index in [9.17, 15) is 14.7 Å². The minimum Gasteiger partial charge on any atom is -0.504 e. The van der Waals surface area contributed by atoms with E-state index < -0.39 is 5.97 Å². The van der Waals surface area contributed by atoms with E-state index in [-0.39, 0.29) is 24.3 Å². The molecule has 140 valence electrons. The van der Waals surface area contributed by atoms with Gasteiger partial charge in [-0.3, -0.25) is 14.0 Å². The lowest BCUT2D eigenvalue weighted by molar-refractivity contribution is -0.145. The fraction of sp³-hybridized carbons (Fsp3) is 0.250. The molecule has 3 aromatic rings. The highest BCUT2D eigenvalue weighted by Crippen LogP contribution is 2.26. The third-order valence-electron chi connectivity index (χ3n) is 4.18. The highest BCUT2D eigenvalue weighted by Gasteiger charge is 2.09. The summed E-state index contributed by atoms with van der Waals surface area (Å²) in [5.74, 6) is 0.00181. The molecule has 2 heterocycles. The Morgan fingerprint density at radius 3 is 2.81 bits per heavy atom. The number of rotatable bonds is 6. The van der Waals surface area contributed by atoms with Crippen molar-refractivity contribution in [1.82, 2.24) is 9.38 Å². The number of methoxy groups -OCH3 is 1. The molecule has 3 rings (SSSR count). The molecule has 1 N–H and O–H groups in total. The van der Waals surface area contributed by atoms with Gasteiger partial charge in [-0.15, -0.1) is 0 Å². The number of hydrogen-bond acceptors (Lipinski definition) is 6. The summed E-state index contributed by atoms with van der Waals surface area (Å²) >= 11 is 0. The number of benzene rings is 1. The van der Waals surface area contributed by atoms with Crippen molar-refractivity contribution < 1.29 is 19.4 Å². The first kappa shape index (κ1) is 18.4. The third kappa shape index (κ3) is 4.25. The normalized spacial score (nSPS) is 10.7. The molecule has 7 nitrogen and oxygen atoms in total. The van der Waals surface area contributed by atoms with Gasteiger partial charge >= 0.3 is 5.97 Å². The van der Waals surface area contributed by atoms with Crippen molar-refractivity contribution in [3.05, 3.63) is 69.8 Å². The zero-order chi connectivity index (χ0) is 19.4. The van der Waals surface area contributed by atoms with E-state index in [0.29, 0.717) is 23.5 Å². The van der Waals surface area contributed by atoms with Crippen LogP contribution in [0.1, 0.15) is 23.2 Å². The number of aromatic hydroxyl groups is 1. The number of phenols is 1. The van der Waals surface area contributed by atoms with Gasteiger partial charge in [0.2, 0.25) is 0 Å². The molecule has 0 saturated carbocycles. The van der Waals surface area contributed by atoms with Crippen LogP contribution in [0.25, 0.3) is 5.65 Å². The van der Waals surface area contributed by atoms with Gasteiger partial charge in [-0.05, 0) is 42.7 Å². The van der Waals surface area contributed by atoms with Crippen LogP contribution in [0.4, 0.5) is 0 Å². The molecule has 0 saturated heterocycles. The first-order valence-electron chi connectivity index (χ1n) is 8.47. The van der Waals surface area contributed by atoms with Crippen molar-refractivity contribution >= 4 is 11.6 Å². The predicted octanol–water partition coefficient (Wildman–Crippen LogP) is 2.39. The molecule has 1 aromatic carbocycles. The number of aryl methyl sites for hydroxylation is 2. The first-order chi connectivity index (χ1) is 13.0. The van der Waals surface area contributed by atoms with Crippen molar-refractivity contribution in [2.24, 2.45) is 0 Å². The molecular weight excluding hydrogens is 348 g/mol. The van der Waals surface area contributed by atoms with Crippen molar-refractivity contribution in [3.63, 3.8) is 0 Å². The van der Waals surface area contributed by atoms with Gasteiger partial charge in [0.1, 0.15) is 12.3 Å². The number of ether oxygens (including phenoxy) is 2. The standard InChI is InChI=1S/C20H20N2O5/c1-13-4-3-9-22-18(24)11-15(21-20(13)22)12-27-19(25)8-6-14-5-7-17(26-2)16(23)10-14/h3-5,7,9-11,23H,6,8,12H2,1-2H3. The minimum absolute atomic E-state index is 0.0274. The maximum Gasteiger partial charge on any atom is 0.306 e. The lowest BCUT2D eigenvalue weighted by atomic mass is 10.1. The predicted molar refractivity (Wildman–Crippen MR) is 99.0 cm³/mol. The average Bonchev–Trinajstić information content (AvgIpc) is 2.65. The largest absolute Gasteiger partial charge is 0.504 e. The second-order valence-corrected chi connectivity index (χ2v) is 6.14. The molecule has 0 atom stereocenters. The summed E-state index contributed by atoms with van der Waals surface area (Å²) in [6, 6.07) is 9.98. The monoisotopic (exact) mass is 368 g/mol. The van der Waals surface area contributed by atoms with Crippen LogP contribution >= 0.6 is 0 Å². The summed E-state index contributed by atoms with van der Waals surface area (Å²) in [6.07, 6.45) is 2.22. The molecule has 0 spiro atoms.